The lowest BCUT2D eigenvalue weighted by molar-refractivity contribution is -0.142. The Balaban J connectivity index is 1.98. The molecule has 0 bridgehead atoms. The average Bonchev–Trinajstić information content (AvgIpc) is 2.99. The highest BCUT2D eigenvalue weighted by Crippen LogP contribution is 2.37. The largest absolute Gasteiger partial charge is 0.514 e. The Hall–Kier alpha value is -1.06. The highest BCUT2D eigenvalue weighted by Gasteiger charge is 2.54. The molecule has 134 valence electrons. The highest BCUT2D eigenvalue weighted by molar-refractivity contribution is 6.61. The van der Waals surface area contributed by atoms with Crippen LogP contribution in [0.1, 0.15) is 58.9 Å². The van der Waals surface area contributed by atoms with E-state index < -0.39 is 36.4 Å². The Morgan fingerprint density at radius 1 is 1.17 bits per heavy atom. The third kappa shape index (κ3) is 3.09. The summed E-state index contributed by atoms with van der Waals surface area (Å²) >= 11 is 0. The van der Waals surface area contributed by atoms with Gasteiger partial charge in [0.1, 0.15) is 6.23 Å². The average molecular weight is 346 g/mol. The summed E-state index contributed by atoms with van der Waals surface area (Å²) in [4.78, 5) is 0. The third-order valence-corrected chi connectivity index (χ3v) is 4.98. The van der Waals surface area contributed by atoms with E-state index in [0.717, 1.165) is 18.9 Å². The summed E-state index contributed by atoms with van der Waals surface area (Å²) in [6.07, 6.45) is -2.65. The lowest BCUT2D eigenvalue weighted by atomic mass is 9.84. The minimum Gasteiger partial charge on any atom is -0.398 e. The quantitative estimate of drug-likeness (QED) is 0.773. The van der Waals surface area contributed by atoms with Gasteiger partial charge in [-0.25, -0.2) is 4.68 Å². The van der Waals surface area contributed by atoms with Crippen molar-refractivity contribution in [3.8, 4) is 0 Å². The number of hydrogen-bond acceptors (Lipinski definition) is 4. The number of halogens is 3. The summed E-state index contributed by atoms with van der Waals surface area (Å²) in [6, 6.07) is 1.00. The SMILES string of the molecule is CC1(C)OB(c2cc(C(F)(F)F)nn2[C@@H]2CCCCO2)OC1(C)C. The fraction of sp³-hybridized carbons (Fsp3) is 0.800. The fourth-order valence-electron chi connectivity index (χ4n) is 2.83. The van der Waals surface area contributed by atoms with Crippen LogP contribution in [0.5, 0.6) is 0 Å². The van der Waals surface area contributed by atoms with Gasteiger partial charge in [-0.3, -0.25) is 0 Å². The lowest BCUT2D eigenvalue weighted by Crippen LogP contribution is -2.42. The zero-order valence-electron chi connectivity index (χ0n) is 14.3. The third-order valence-electron chi connectivity index (χ3n) is 4.98. The first-order valence-electron chi connectivity index (χ1n) is 8.15. The van der Waals surface area contributed by atoms with Gasteiger partial charge in [-0.15, -0.1) is 0 Å². The summed E-state index contributed by atoms with van der Waals surface area (Å²) in [5.74, 6) is 0. The van der Waals surface area contributed by atoms with E-state index in [-0.39, 0.29) is 5.59 Å². The van der Waals surface area contributed by atoms with Gasteiger partial charge in [-0.2, -0.15) is 18.3 Å². The van der Waals surface area contributed by atoms with Crippen LogP contribution in [0.3, 0.4) is 0 Å². The predicted molar refractivity (Wildman–Crippen MR) is 81.8 cm³/mol. The molecule has 1 aromatic heterocycles. The van der Waals surface area contributed by atoms with Crippen molar-refractivity contribution in [2.75, 3.05) is 6.61 Å². The smallest absolute Gasteiger partial charge is 0.398 e. The van der Waals surface area contributed by atoms with E-state index >= 15 is 0 Å². The Morgan fingerprint density at radius 3 is 2.29 bits per heavy atom. The van der Waals surface area contributed by atoms with E-state index in [0.29, 0.717) is 13.0 Å². The maximum atomic E-state index is 13.1. The first kappa shape index (κ1) is 17.8. The second-order valence-corrected chi connectivity index (χ2v) is 7.31. The number of ether oxygens (including phenoxy) is 1. The summed E-state index contributed by atoms with van der Waals surface area (Å²) in [5.41, 5.74) is -1.99. The molecule has 0 spiro atoms. The zero-order chi connectivity index (χ0) is 17.8. The van der Waals surface area contributed by atoms with Crippen molar-refractivity contribution < 1.29 is 27.2 Å². The Morgan fingerprint density at radius 2 is 1.79 bits per heavy atom. The molecule has 2 aliphatic rings. The molecule has 0 aliphatic carbocycles. The van der Waals surface area contributed by atoms with Gasteiger partial charge in [0.15, 0.2) is 5.69 Å². The van der Waals surface area contributed by atoms with Gasteiger partial charge in [-0.05, 0) is 53.0 Å². The van der Waals surface area contributed by atoms with Crippen molar-refractivity contribution in [2.45, 2.75) is 70.6 Å². The minimum atomic E-state index is -4.53. The van der Waals surface area contributed by atoms with Gasteiger partial charge < -0.3 is 14.0 Å². The molecule has 2 saturated heterocycles. The number of nitrogens with zero attached hydrogens (tertiary/aromatic N) is 2. The zero-order valence-corrected chi connectivity index (χ0v) is 14.3. The van der Waals surface area contributed by atoms with Crippen LogP contribution in [0.25, 0.3) is 0 Å². The van der Waals surface area contributed by atoms with Gasteiger partial charge in [0.2, 0.25) is 0 Å². The van der Waals surface area contributed by atoms with Gasteiger partial charge in [0, 0.05) is 6.61 Å². The van der Waals surface area contributed by atoms with Crippen molar-refractivity contribution in [1.82, 2.24) is 9.78 Å². The topological polar surface area (TPSA) is 45.5 Å². The standard InChI is InChI=1S/C15H22BF3N2O3/c1-13(2)14(3,4)24-16(23-13)11-9-10(15(17,18)19)20-21(11)12-7-5-6-8-22-12/h9,12H,5-8H2,1-4H3/t12-/m0/s1. The molecular weight excluding hydrogens is 324 g/mol. The van der Waals surface area contributed by atoms with E-state index in [2.05, 4.69) is 5.10 Å². The molecule has 0 unspecified atom stereocenters. The van der Waals surface area contributed by atoms with E-state index in [1.165, 1.54) is 4.68 Å². The van der Waals surface area contributed by atoms with Crippen LogP contribution in [-0.2, 0) is 20.2 Å². The van der Waals surface area contributed by atoms with Crippen LogP contribution < -0.4 is 5.59 Å². The lowest BCUT2D eigenvalue weighted by Gasteiger charge is -2.32. The van der Waals surface area contributed by atoms with E-state index in [1.807, 2.05) is 27.7 Å². The molecule has 3 heterocycles. The molecule has 0 amide bonds. The highest BCUT2D eigenvalue weighted by atomic mass is 19.4. The van der Waals surface area contributed by atoms with Gasteiger partial charge in [0.05, 0.1) is 16.8 Å². The fourth-order valence-corrected chi connectivity index (χ4v) is 2.83. The molecule has 0 N–H and O–H groups in total. The first-order chi connectivity index (χ1) is 11.0. The Kier molecular flexibility index (Phi) is 4.25. The molecule has 0 aromatic carbocycles. The van der Waals surface area contributed by atoms with Crippen LogP contribution in [0.4, 0.5) is 13.2 Å². The normalized spacial score (nSPS) is 26.8. The number of aromatic nitrogens is 2. The molecule has 5 nitrogen and oxygen atoms in total. The maximum Gasteiger partial charge on any atom is 0.514 e. The molecular formula is C15H22BF3N2O3. The predicted octanol–water partition coefficient (Wildman–Crippen LogP) is 2.90. The van der Waals surface area contributed by atoms with Crippen molar-refractivity contribution in [2.24, 2.45) is 0 Å². The molecule has 0 saturated carbocycles. The van der Waals surface area contributed by atoms with Crippen LogP contribution in [0, 0.1) is 0 Å². The Labute approximate surface area is 139 Å². The van der Waals surface area contributed by atoms with Crippen LogP contribution in [-0.4, -0.2) is 34.7 Å². The summed E-state index contributed by atoms with van der Waals surface area (Å²) in [5, 5.41) is 3.75. The minimum absolute atomic E-state index is 0.243. The second kappa shape index (κ2) is 5.74. The van der Waals surface area contributed by atoms with Crippen LogP contribution >= 0.6 is 0 Å². The summed E-state index contributed by atoms with van der Waals surface area (Å²) in [7, 11) is -0.913. The number of rotatable bonds is 2. The van der Waals surface area contributed by atoms with Gasteiger partial charge in [0.25, 0.3) is 0 Å². The van der Waals surface area contributed by atoms with E-state index in [9.17, 15) is 13.2 Å². The molecule has 1 aromatic rings. The van der Waals surface area contributed by atoms with Crippen molar-refractivity contribution in [3.63, 3.8) is 0 Å². The molecule has 0 radical (unpaired) electrons. The van der Waals surface area contributed by atoms with Crippen molar-refractivity contribution >= 4 is 12.7 Å². The molecule has 2 fully saturated rings. The van der Waals surface area contributed by atoms with Gasteiger partial charge in [-0.1, -0.05) is 0 Å². The monoisotopic (exact) mass is 346 g/mol. The maximum absolute atomic E-state index is 13.1. The molecule has 2 aliphatic heterocycles. The van der Waals surface area contributed by atoms with Crippen molar-refractivity contribution in [1.29, 1.82) is 0 Å². The van der Waals surface area contributed by atoms with Crippen LogP contribution in [0.15, 0.2) is 6.07 Å². The number of alkyl halides is 3. The molecule has 1 atom stereocenters. The first-order valence-corrected chi connectivity index (χ1v) is 8.15. The van der Waals surface area contributed by atoms with Crippen molar-refractivity contribution in [3.05, 3.63) is 11.8 Å². The Bertz CT molecular complexity index is 594. The summed E-state index contributed by atoms with van der Waals surface area (Å²) in [6.45, 7) is 7.94. The number of hydrogen-bond donors (Lipinski definition) is 0. The second-order valence-electron chi connectivity index (χ2n) is 7.31. The van der Waals surface area contributed by atoms with Crippen LogP contribution in [0.2, 0.25) is 0 Å². The van der Waals surface area contributed by atoms with E-state index in [1.54, 1.807) is 0 Å². The molecule has 9 heteroatoms. The molecule has 24 heavy (non-hydrogen) atoms. The summed E-state index contributed by atoms with van der Waals surface area (Å²) < 4.78 is 58.1. The molecule has 3 rings (SSSR count). The van der Waals surface area contributed by atoms with Gasteiger partial charge >= 0.3 is 13.3 Å². The van der Waals surface area contributed by atoms with E-state index in [4.69, 9.17) is 14.0 Å².